The zero-order valence-corrected chi connectivity index (χ0v) is 8.98. The number of rotatable bonds is 3. The summed E-state index contributed by atoms with van der Waals surface area (Å²) in [6.07, 6.45) is 2.19. The van der Waals surface area contributed by atoms with Crippen LogP contribution in [0.25, 0.3) is 0 Å². The van der Waals surface area contributed by atoms with E-state index in [1.54, 1.807) is 7.11 Å². The first-order valence-electron chi connectivity index (χ1n) is 4.89. The van der Waals surface area contributed by atoms with Gasteiger partial charge in [-0.1, -0.05) is 19.9 Å². The molecule has 0 aliphatic rings. The van der Waals surface area contributed by atoms with Crippen LogP contribution >= 0.6 is 0 Å². The summed E-state index contributed by atoms with van der Waals surface area (Å²) in [6, 6.07) is 4.39. The van der Waals surface area contributed by atoms with E-state index in [0.717, 1.165) is 18.6 Å². The smallest absolute Gasteiger partial charge is 0.122 e. The minimum atomic E-state index is 1.01. The van der Waals surface area contributed by atoms with Crippen LogP contribution in [-0.4, -0.2) is 7.11 Å². The third kappa shape index (κ3) is 2.03. The van der Waals surface area contributed by atoms with Crippen molar-refractivity contribution in [3.63, 3.8) is 0 Å². The fourth-order valence-electron chi connectivity index (χ4n) is 1.67. The Morgan fingerprint density at radius 3 is 2.08 bits per heavy atom. The molecule has 0 unspecified atom stereocenters. The number of benzene rings is 1. The van der Waals surface area contributed by atoms with E-state index in [0.29, 0.717) is 0 Å². The Kier molecular flexibility index (Phi) is 3.35. The van der Waals surface area contributed by atoms with Gasteiger partial charge in [0.2, 0.25) is 0 Å². The van der Waals surface area contributed by atoms with Crippen molar-refractivity contribution in [1.29, 1.82) is 0 Å². The summed E-state index contributed by atoms with van der Waals surface area (Å²) in [5, 5.41) is 0. The molecule has 1 aromatic carbocycles. The topological polar surface area (TPSA) is 9.23 Å². The second-order valence-corrected chi connectivity index (χ2v) is 3.30. The Morgan fingerprint density at radius 1 is 1.08 bits per heavy atom. The molecule has 0 saturated carbocycles. The molecule has 1 aromatic rings. The number of hydrogen-bond donors (Lipinski definition) is 0. The zero-order chi connectivity index (χ0) is 9.84. The van der Waals surface area contributed by atoms with Crippen LogP contribution in [0.3, 0.4) is 0 Å². The summed E-state index contributed by atoms with van der Waals surface area (Å²) < 4.78 is 5.29. The minimum Gasteiger partial charge on any atom is -0.496 e. The van der Waals surface area contributed by atoms with Crippen molar-refractivity contribution in [3.05, 3.63) is 28.8 Å². The first kappa shape index (κ1) is 10.1. The van der Waals surface area contributed by atoms with Crippen LogP contribution in [0.2, 0.25) is 0 Å². The van der Waals surface area contributed by atoms with Crippen molar-refractivity contribution in [2.75, 3.05) is 7.11 Å². The highest BCUT2D eigenvalue weighted by Crippen LogP contribution is 2.23. The van der Waals surface area contributed by atoms with E-state index in [1.165, 1.54) is 16.7 Å². The number of ether oxygens (including phenoxy) is 1. The molecule has 0 aromatic heterocycles. The monoisotopic (exact) mass is 178 g/mol. The third-order valence-electron chi connectivity index (χ3n) is 2.48. The van der Waals surface area contributed by atoms with E-state index >= 15 is 0 Å². The molecule has 0 heterocycles. The van der Waals surface area contributed by atoms with Gasteiger partial charge in [-0.3, -0.25) is 0 Å². The van der Waals surface area contributed by atoms with Gasteiger partial charge in [0.05, 0.1) is 7.11 Å². The second-order valence-electron chi connectivity index (χ2n) is 3.30. The first-order chi connectivity index (χ1) is 6.22. The van der Waals surface area contributed by atoms with Crippen molar-refractivity contribution in [3.8, 4) is 5.75 Å². The lowest BCUT2D eigenvalue weighted by atomic mass is 10.00. The maximum atomic E-state index is 5.29. The maximum Gasteiger partial charge on any atom is 0.122 e. The van der Waals surface area contributed by atoms with E-state index in [-0.39, 0.29) is 0 Å². The fraction of sp³-hybridized carbons (Fsp3) is 0.500. The van der Waals surface area contributed by atoms with Gasteiger partial charge in [0.15, 0.2) is 0 Å². The molecule has 0 N–H and O–H groups in total. The lowest BCUT2D eigenvalue weighted by Gasteiger charge is -2.11. The molecule has 0 fully saturated rings. The summed E-state index contributed by atoms with van der Waals surface area (Å²) in [4.78, 5) is 0. The van der Waals surface area contributed by atoms with E-state index in [1.807, 2.05) is 0 Å². The molecule has 13 heavy (non-hydrogen) atoms. The number of hydrogen-bond acceptors (Lipinski definition) is 1. The van der Waals surface area contributed by atoms with Gasteiger partial charge in [0.25, 0.3) is 0 Å². The van der Waals surface area contributed by atoms with Crippen LogP contribution < -0.4 is 4.74 Å². The minimum absolute atomic E-state index is 1.01. The summed E-state index contributed by atoms with van der Waals surface area (Å²) >= 11 is 0. The molecule has 1 nitrogen and oxygen atoms in total. The molecule has 0 saturated heterocycles. The molecule has 0 atom stereocenters. The van der Waals surface area contributed by atoms with Crippen molar-refractivity contribution in [2.45, 2.75) is 33.6 Å². The van der Waals surface area contributed by atoms with Crippen LogP contribution in [0.5, 0.6) is 5.75 Å². The molecule has 0 radical (unpaired) electrons. The third-order valence-corrected chi connectivity index (χ3v) is 2.48. The largest absolute Gasteiger partial charge is 0.496 e. The van der Waals surface area contributed by atoms with Gasteiger partial charge in [-0.05, 0) is 42.5 Å². The van der Waals surface area contributed by atoms with E-state index in [4.69, 9.17) is 4.74 Å². The Morgan fingerprint density at radius 2 is 1.62 bits per heavy atom. The van der Waals surface area contributed by atoms with Crippen LogP contribution in [0.15, 0.2) is 12.1 Å². The predicted molar refractivity (Wildman–Crippen MR) is 56.5 cm³/mol. The number of methoxy groups -OCH3 is 1. The molecule has 0 spiro atoms. The molecular formula is C12H18O. The highest BCUT2D eigenvalue weighted by atomic mass is 16.5. The van der Waals surface area contributed by atoms with E-state index < -0.39 is 0 Å². The van der Waals surface area contributed by atoms with Crippen molar-refractivity contribution >= 4 is 0 Å². The average molecular weight is 178 g/mol. The molecular weight excluding hydrogens is 160 g/mol. The Labute approximate surface area is 80.7 Å². The molecule has 0 aliphatic heterocycles. The normalized spacial score (nSPS) is 10.2. The Bertz CT molecular complexity index is 289. The highest BCUT2D eigenvalue weighted by molar-refractivity contribution is 5.42. The average Bonchev–Trinajstić information content (AvgIpc) is 2.17. The lowest BCUT2D eigenvalue weighted by Crippen LogP contribution is -1.95. The Balaban J connectivity index is 3.18. The molecule has 0 bridgehead atoms. The zero-order valence-electron chi connectivity index (χ0n) is 8.98. The molecule has 72 valence electrons. The summed E-state index contributed by atoms with van der Waals surface area (Å²) in [6.45, 7) is 6.47. The van der Waals surface area contributed by atoms with Gasteiger partial charge < -0.3 is 4.74 Å². The quantitative estimate of drug-likeness (QED) is 0.691. The van der Waals surface area contributed by atoms with Crippen molar-refractivity contribution in [1.82, 2.24) is 0 Å². The van der Waals surface area contributed by atoms with Crippen LogP contribution in [-0.2, 0) is 12.8 Å². The van der Waals surface area contributed by atoms with Gasteiger partial charge in [-0.25, -0.2) is 0 Å². The summed E-state index contributed by atoms with van der Waals surface area (Å²) in [5.41, 5.74) is 4.09. The summed E-state index contributed by atoms with van der Waals surface area (Å²) in [7, 11) is 1.73. The standard InChI is InChI=1S/C12H18O/c1-5-10-7-9(3)12(13-4)8-11(10)6-2/h7-8H,5-6H2,1-4H3. The first-order valence-corrected chi connectivity index (χ1v) is 4.89. The van der Waals surface area contributed by atoms with Gasteiger partial charge in [-0.2, -0.15) is 0 Å². The van der Waals surface area contributed by atoms with Crippen molar-refractivity contribution < 1.29 is 4.74 Å². The molecule has 0 amide bonds. The lowest BCUT2D eigenvalue weighted by molar-refractivity contribution is 0.411. The molecule has 1 rings (SSSR count). The Hall–Kier alpha value is -0.980. The van der Waals surface area contributed by atoms with Gasteiger partial charge in [-0.15, -0.1) is 0 Å². The van der Waals surface area contributed by atoms with E-state index in [9.17, 15) is 0 Å². The van der Waals surface area contributed by atoms with Gasteiger partial charge >= 0.3 is 0 Å². The van der Waals surface area contributed by atoms with Crippen molar-refractivity contribution in [2.24, 2.45) is 0 Å². The second kappa shape index (κ2) is 4.31. The fourth-order valence-corrected chi connectivity index (χ4v) is 1.67. The van der Waals surface area contributed by atoms with Gasteiger partial charge in [0, 0.05) is 0 Å². The molecule has 0 aliphatic carbocycles. The maximum absolute atomic E-state index is 5.29. The van der Waals surface area contributed by atoms with Crippen LogP contribution in [0, 0.1) is 6.92 Å². The van der Waals surface area contributed by atoms with Gasteiger partial charge in [0.1, 0.15) is 5.75 Å². The summed E-state index contributed by atoms with van der Waals surface area (Å²) in [5.74, 6) is 1.01. The van der Waals surface area contributed by atoms with E-state index in [2.05, 4.69) is 32.9 Å². The highest BCUT2D eigenvalue weighted by Gasteiger charge is 2.04. The van der Waals surface area contributed by atoms with Crippen LogP contribution in [0.4, 0.5) is 0 Å². The van der Waals surface area contributed by atoms with Crippen LogP contribution in [0.1, 0.15) is 30.5 Å². The SMILES string of the molecule is CCc1cc(C)c(OC)cc1CC. The molecule has 1 heteroatoms. The number of aryl methyl sites for hydroxylation is 3. The predicted octanol–water partition coefficient (Wildman–Crippen LogP) is 3.13.